The SMILES string of the molecule is Fc1cc2nc(CCl)n(C3CN4CCC3CC4)c2cc1Cl. The zero-order valence-electron chi connectivity index (χ0n) is 11.5. The van der Waals surface area contributed by atoms with Gasteiger partial charge in [-0.05, 0) is 37.9 Å². The van der Waals surface area contributed by atoms with Crippen LogP contribution < -0.4 is 0 Å². The Hall–Kier alpha value is -0.840. The molecule has 0 radical (unpaired) electrons. The fourth-order valence-corrected chi connectivity index (χ4v) is 4.18. The average molecular weight is 328 g/mol. The van der Waals surface area contributed by atoms with Gasteiger partial charge in [-0.1, -0.05) is 11.6 Å². The second-order valence-electron chi connectivity index (χ2n) is 5.99. The Morgan fingerprint density at radius 1 is 1.29 bits per heavy atom. The Morgan fingerprint density at radius 2 is 2.05 bits per heavy atom. The topological polar surface area (TPSA) is 21.1 Å². The third-order valence-electron chi connectivity index (χ3n) is 4.88. The first-order valence-corrected chi connectivity index (χ1v) is 8.23. The van der Waals surface area contributed by atoms with Crippen molar-refractivity contribution >= 4 is 34.2 Å². The first kappa shape index (κ1) is 13.8. The van der Waals surface area contributed by atoms with Crippen molar-refractivity contribution < 1.29 is 4.39 Å². The Balaban J connectivity index is 1.88. The van der Waals surface area contributed by atoms with Crippen LogP contribution in [0.1, 0.15) is 24.7 Å². The van der Waals surface area contributed by atoms with Gasteiger partial charge < -0.3 is 9.47 Å². The number of piperidine rings is 3. The second-order valence-corrected chi connectivity index (χ2v) is 6.67. The van der Waals surface area contributed by atoms with Crippen molar-refractivity contribution in [1.29, 1.82) is 0 Å². The normalized spacial score (nSPS) is 28.4. The highest BCUT2D eigenvalue weighted by atomic mass is 35.5. The summed E-state index contributed by atoms with van der Waals surface area (Å²) in [6.45, 7) is 3.38. The van der Waals surface area contributed by atoms with Crippen molar-refractivity contribution in [1.82, 2.24) is 14.5 Å². The van der Waals surface area contributed by atoms with Crippen LogP contribution in [-0.2, 0) is 5.88 Å². The molecule has 1 aromatic heterocycles. The van der Waals surface area contributed by atoms with Gasteiger partial charge in [0.05, 0.1) is 28.0 Å². The van der Waals surface area contributed by atoms with Gasteiger partial charge in [0.1, 0.15) is 11.6 Å². The minimum Gasteiger partial charge on any atom is -0.322 e. The van der Waals surface area contributed by atoms with Crippen molar-refractivity contribution in [3.8, 4) is 0 Å². The molecule has 3 nitrogen and oxygen atoms in total. The van der Waals surface area contributed by atoms with E-state index < -0.39 is 5.82 Å². The van der Waals surface area contributed by atoms with Gasteiger partial charge in [0, 0.05) is 12.6 Å². The first-order valence-electron chi connectivity index (χ1n) is 7.31. The summed E-state index contributed by atoms with van der Waals surface area (Å²) in [5, 5.41) is 0.144. The van der Waals surface area contributed by atoms with E-state index in [0.29, 0.717) is 23.4 Å². The molecular weight excluding hydrogens is 312 g/mol. The predicted octanol–water partition coefficient (Wildman–Crippen LogP) is 3.83. The van der Waals surface area contributed by atoms with E-state index in [4.69, 9.17) is 23.2 Å². The molecule has 4 heterocycles. The van der Waals surface area contributed by atoms with Gasteiger partial charge in [-0.2, -0.15) is 0 Å². The van der Waals surface area contributed by atoms with Crippen molar-refractivity contribution in [2.24, 2.45) is 5.92 Å². The molecule has 3 aliphatic rings. The summed E-state index contributed by atoms with van der Waals surface area (Å²) in [6, 6.07) is 3.46. The van der Waals surface area contributed by atoms with E-state index in [2.05, 4.69) is 14.5 Å². The van der Waals surface area contributed by atoms with Gasteiger partial charge in [0.15, 0.2) is 0 Å². The maximum atomic E-state index is 13.7. The number of rotatable bonds is 2. The monoisotopic (exact) mass is 327 g/mol. The number of aromatic nitrogens is 2. The van der Waals surface area contributed by atoms with E-state index in [1.54, 1.807) is 6.07 Å². The van der Waals surface area contributed by atoms with E-state index in [1.807, 2.05) is 0 Å². The largest absolute Gasteiger partial charge is 0.322 e. The van der Waals surface area contributed by atoms with Crippen LogP contribution in [0.4, 0.5) is 4.39 Å². The van der Waals surface area contributed by atoms with E-state index in [-0.39, 0.29) is 5.02 Å². The minimum absolute atomic E-state index is 0.144. The molecule has 1 aromatic carbocycles. The van der Waals surface area contributed by atoms with Gasteiger partial charge in [-0.25, -0.2) is 9.37 Å². The van der Waals surface area contributed by atoms with Crippen LogP contribution in [0.25, 0.3) is 11.0 Å². The molecule has 112 valence electrons. The highest BCUT2D eigenvalue weighted by molar-refractivity contribution is 6.31. The third kappa shape index (κ3) is 2.16. The molecule has 0 spiro atoms. The van der Waals surface area contributed by atoms with Crippen molar-refractivity contribution in [3.63, 3.8) is 0 Å². The lowest BCUT2D eigenvalue weighted by Gasteiger charge is -2.45. The maximum Gasteiger partial charge on any atom is 0.144 e. The lowest BCUT2D eigenvalue weighted by Crippen LogP contribution is -2.48. The molecule has 0 N–H and O–H groups in total. The molecule has 0 saturated carbocycles. The van der Waals surface area contributed by atoms with Crippen LogP contribution >= 0.6 is 23.2 Å². The first-order chi connectivity index (χ1) is 10.2. The Morgan fingerprint density at radius 3 is 2.67 bits per heavy atom. The van der Waals surface area contributed by atoms with E-state index in [0.717, 1.165) is 17.9 Å². The summed E-state index contributed by atoms with van der Waals surface area (Å²) in [6.07, 6.45) is 2.42. The van der Waals surface area contributed by atoms with Crippen LogP contribution in [-0.4, -0.2) is 34.1 Å². The van der Waals surface area contributed by atoms with Crippen LogP contribution in [0.15, 0.2) is 12.1 Å². The fraction of sp³-hybridized carbons (Fsp3) is 0.533. The Kier molecular flexibility index (Phi) is 3.36. The standard InChI is InChI=1S/C15H16Cl2FN3/c16-7-15-19-12-6-11(18)10(17)5-13(12)21(15)14-8-20-3-1-9(14)2-4-20/h5-6,9,14H,1-4,7-8H2. The number of benzene rings is 1. The zero-order chi connectivity index (χ0) is 14.6. The van der Waals surface area contributed by atoms with Crippen LogP contribution in [0.5, 0.6) is 0 Å². The van der Waals surface area contributed by atoms with Gasteiger partial charge in [-0.3, -0.25) is 0 Å². The molecule has 3 saturated heterocycles. The summed E-state index contributed by atoms with van der Waals surface area (Å²) in [5.74, 6) is 1.37. The summed E-state index contributed by atoms with van der Waals surface area (Å²) >= 11 is 12.1. The van der Waals surface area contributed by atoms with Crippen LogP contribution in [0.2, 0.25) is 5.02 Å². The van der Waals surface area contributed by atoms with Gasteiger partial charge in [-0.15, -0.1) is 11.6 Å². The zero-order valence-corrected chi connectivity index (χ0v) is 13.0. The molecule has 1 atom stereocenters. The molecular formula is C15H16Cl2FN3. The summed E-state index contributed by atoms with van der Waals surface area (Å²) in [4.78, 5) is 6.99. The molecule has 2 bridgehead atoms. The summed E-state index contributed by atoms with van der Waals surface area (Å²) in [5.41, 5.74) is 1.54. The average Bonchev–Trinajstić information content (AvgIpc) is 2.86. The molecule has 2 aromatic rings. The molecule has 3 fully saturated rings. The number of nitrogens with zero attached hydrogens (tertiary/aromatic N) is 3. The van der Waals surface area contributed by atoms with Gasteiger partial charge in [0.2, 0.25) is 0 Å². The van der Waals surface area contributed by atoms with Crippen molar-refractivity contribution in [2.45, 2.75) is 24.8 Å². The lowest BCUT2D eigenvalue weighted by molar-refractivity contribution is 0.0578. The van der Waals surface area contributed by atoms with Crippen LogP contribution in [0.3, 0.4) is 0 Å². The molecule has 1 unspecified atom stereocenters. The summed E-state index contributed by atoms with van der Waals surface area (Å²) < 4.78 is 15.9. The highest BCUT2D eigenvalue weighted by Gasteiger charge is 2.36. The van der Waals surface area contributed by atoms with E-state index in [1.165, 1.54) is 32.0 Å². The van der Waals surface area contributed by atoms with Crippen molar-refractivity contribution in [2.75, 3.05) is 19.6 Å². The molecule has 21 heavy (non-hydrogen) atoms. The Bertz CT molecular complexity index is 692. The quantitative estimate of drug-likeness (QED) is 0.781. The molecule has 6 heteroatoms. The number of halogens is 3. The third-order valence-corrected chi connectivity index (χ3v) is 5.41. The summed E-state index contributed by atoms with van der Waals surface area (Å²) in [7, 11) is 0. The number of fused-ring (bicyclic) bond motifs is 4. The molecule has 0 amide bonds. The fourth-order valence-electron chi connectivity index (χ4n) is 3.83. The van der Waals surface area contributed by atoms with Gasteiger partial charge >= 0.3 is 0 Å². The maximum absolute atomic E-state index is 13.7. The minimum atomic E-state index is -0.427. The molecule has 3 aliphatic heterocycles. The predicted molar refractivity (Wildman–Crippen MR) is 82.5 cm³/mol. The van der Waals surface area contributed by atoms with E-state index >= 15 is 0 Å². The smallest absolute Gasteiger partial charge is 0.144 e. The number of imidazole rings is 1. The molecule has 0 aliphatic carbocycles. The number of hydrogen-bond acceptors (Lipinski definition) is 2. The highest BCUT2D eigenvalue weighted by Crippen LogP contribution is 2.39. The van der Waals surface area contributed by atoms with Gasteiger partial charge in [0.25, 0.3) is 0 Å². The second kappa shape index (κ2) is 5.11. The van der Waals surface area contributed by atoms with Crippen LogP contribution in [0, 0.1) is 11.7 Å². The lowest BCUT2D eigenvalue weighted by atomic mass is 9.83. The number of hydrogen-bond donors (Lipinski definition) is 0. The van der Waals surface area contributed by atoms with E-state index in [9.17, 15) is 4.39 Å². The molecule has 5 rings (SSSR count). The van der Waals surface area contributed by atoms with Crippen molar-refractivity contribution in [3.05, 3.63) is 28.8 Å². The Labute approximate surface area is 132 Å². The number of alkyl halides is 1.